The molecule has 0 radical (unpaired) electrons. The van der Waals surface area contributed by atoms with E-state index in [-0.39, 0.29) is 5.91 Å². The molecule has 3 nitrogen and oxygen atoms in total. The molecule has 0 fully saturated rings. The fourth-order valence-corrected chi connectivity index (χ4v) is 2.33. The second-order valence-corrected chi connectivity index (χ2v) is 5.80. The van der Waals surface area contributed by atoms with Gasteiger partial charge in [0, 0.05) is 22.2 Å². The van der Waals surface area contributed by atoms with Crippen molar-refractivity contribution in [3.05, 3.63) is 33.4 Å². The molecule has 0 aromatic heterocycles. The molecule has 1 amide bonds. The Kier molecular flexibility index (Phi) is 6.63. The second-order valence-electron chi connectivity index (χ2n) is 4.55. The van der Waals surface area contributed by atoms with Crippen LogP contribution in [0.4, 0.5) is 0 Å². The van der Waals surface area contributed by atoms with E-state index in [2.05, 4.69) is 41.6 Å². The summed E-state index contributed by atoms with van der Waals surface area (Å²) in [6, 6.07) is 7.76. The zero-order valence-corrected chi connectivity index (χ0v) is 13.5. The lowest BCUT2D eigenvalue weighted by Crippen LogP contribution is -2.33. The number of hydrogen-bond donors (Lipinski definition) is 0. The van der Waals surface area contributed by atoms with E-state index < -0.39 is 0 Å². The summed E-state index contributed by atoms with van der Waals surface area (Å²) < 4.78 is 1.10. The Morgan fingerprint density at radius 2 is 2.00 bits per heavy atom. The normalized spacial score (nSPS) is 10.7. The molecule has 0 N–H and O–H groups in total. The van der Waals surface area contributed by atoms with Crippen molar-refractivity contribution in [1.29, 1.82) is 0 Å². The zero-order chi connectivity index (χ0) is 13.5. The van der Waals surface area contributed by atoms with Crippen LogP contribution in [0, 0.1) is 3.57 Å². The molecule has 18 heavy (non-hydrogen) atoms. The minimum atomic E-state index is 0.134. The van der Waals surface area contributed by atoms with E-state index in [0.29, 0.717) is 0 Å². The molecule has 0 saturated carbocycles. The van der Waals surface area contributed by atoms with Gasteiger partial charge in [0.15, 0.2) is 0 Å². The molecule has 0 unspecified atom stereocenters. The summed E-state index contributed by atoms with van der Waals surface area (Å²) in [5.41, 5.74) is 0.786. The van der Waals surface area contributed by atoms with Crippen LogP contribution in [0.3, 0.4) is 0 Å². The molecule has 0 saturated heterocycles. The molecule has 0 aliphatic heterocycles. The summed E-state index contributed by atoms with van der Waals surface area (Å²) in [7, 11) is 4.11. The molecule has 4 heteroatoms. The molecule has 0 bridgehead atoms. The van der Waals surface area contributed by atoms with Gasteiger partial charge in [-0.1, -0.05) is 6.07 Å². The van der Waals surface area contributed by atoms with E-state index in [1.807, 2.05) is 36.1 Å². The molecule has 1 aromatic carbocycles. The van der Waals surface area contributed by atoms with Gasteiger partial charge in [0.2, 0.25) is 0 Å². The molecular formula is C14H21IN2O. The van der Waals surface area contributed by atoms with Crippen LogP contribution in [0.15, 0.2) is 24.3 Å². The lowest BCUT2D eigenvalue weighted by molar-refractivity contribution is 0.0759. The third kappa shape index (κ3) is 4.94. The van der Waals surface area contributed by atoms with E-state index in [9.17, 15) is 4.79 Å². The Hall–Kier alpha value is -0.620. The highest BCUT2D eigenvalue weighted by atomic mass is 127. The molecule has 0 atom stereocenters. The first-order valence-corrected chi connectivity index (χ1v) is 7.32. The van der Waals surface area contributed by atoms with Crippen molar-refractivity contribution in [2.75, 3.05) is 33.7 Å². The van der Waals surface area contributed by atoms with Gasteiger partial charge < -0.3 is 9.80 Å². The second kappa shape index (κ2) is 7.74. The molecule has 1 aromatic rings. The van der Waals surface area contributed by atoms with E-state index in [1.165, 1.54) is 0 Å². The predicted octanol–water partition coefficient (Wildman–Crippen LogP) is 2.71. The third-order valence-electron chi connectivity index (χ3n) is 2.77. The van der Waals surface area contributed by atoms with Gasteiger partial charge in [0.1, 0.15) is 0 Å². The van der Waals surface area contributed by atoms with Gasteiger partial charge in [-0.3, -0.25) is 4.79 Å². The third-order valence-corrected chi connectivity index (χ3v) is 3.44. The average molecular weight is 360 g/mol. The number of amides is 1. The van der Waals surface area contributed by atoms with Crippen molar-refractivity contribution in [2.24, 2.45) is 0 Å². The highest BCUT2D eigenvalue weighted by molar-refractivity contribution is 14.1. The Morgan fingerprint density at radius 1 is 1.28 bits per heavy atom. The molecular weight excluding hydrogens is 339 g/mol. The van der Waals surface area contributed by atoms with E-state index in [1.54, 1.807) is 0 Å². The maximum Gasteiger partial charge on any atom is 0.253 e. The molecule has 0 aliphatic rings. The van der Waals surface area contributed by atoms with Crippen molar-refractivity contribution in [3.63, 3.8) is 0 Å². The van der Waals surface area contributed by atoms with Crippen LogP contribution < -0.4 is 0 Å². The first-order chi connectivity index (χ1) is 8.54. The van der Waals surface area contributed by atoms with Crippen LogP contribution in [0.5, 0.6) is 0 Å². The van der Waals surface area contributed by atoms with Crippen LogP contribution in [-0.2, 0) is 0 Å². The monoisotopic (exact) mass is 360 g/mol. The van der Waals surface area contributed by atoms with Gasteiger partial charge in [-0.15, -0.1) is 0 Å². The van der Waals surface area contributed by atoms with Crippen molar-refractivity contribution in [1.82, 2.24) is 9.80 Å². The lowest BCUT2D eigenvalue weighted by Gasteiger charge is -2.22. The topological polar surface area (TPSA) is 23.6 Å². The van der Waals surface area contributed by atoms with Crippen molar-refractivity contribution in [2.45, 2.75) is 13.3 Å². The highest BCUT2D eigenvalue weighted by Crippen LogP contribution is 2.10. The summed E-state index contributed by atoms with van der Waals surface area (Å²) in [5.74, 6) is 0.134. The predicted molar refractivity (Wildman–Crippen MR) is 83.9 cm³/mol. The summed E-state index contributed by atoms with van der Waals surface area (Å²) in [6.07, 6.45) is 1.01. The maximum absolute atomic E-state index is 12.3. The van der Waals surface area contributed by atoms with Gasteiger partial charge in [-0.05, 0) is 74.8 Å². The molecule has 0 aliphatic carbocycles. The van der Waals surface area contributed by atoms with Gasteiger partial charge in [-0.25, -0.2) is 0 Å². The number of hydrogen-bond acceptors (Lipinski definition) is 2. The van der Waals surface area contributed by atoms with E-state index >= 15 is 0 Å². The standard InChI is InChI=1S/C14H21IN2O/c1-4-17(10-6-9-16(2)3)14(18)12-7-5-8-13(15)11-12/h5,7-8,11H,4,6,9-10H2,1-3H3. The summed E-state index contributed by atoms with van der Waals surface area (Å²) in [6.45, 7) is 4.62. The average Bonchev–Trinajstić information content (AvgIpc) is 2.33. The lowest BCUT2D eigenvalue weighted by atomic mass is 10.2. The van der Waals surface area contributed by atoms with Crippen LogP contribution in [-0.4, -0.2) is 49.4 Å². The van der Waals surface area contributed by atoms with E-state index in [0.717, 1.165) is 35.2 Å². The molecule has 0 spiro atoms. The number of carbonyl (C=O) groups excluding carboxylic acids is 1. The van der Waals surface area contributed by atoms with Gasteiger partial charge in [-0.2, -0.15) is 0 Å². The maximum atomic E-state index is 12.3. The van der Waals surface area contributed by atoms with Crippen LogP contribution in [0.25, 0.3) is 0 Å². The SMILES string of the molecule is CCN(CCCN(C)C)C(=O)c1cccc(I)c1. The zero-order valence-electron chi connectivity index (χ0n) is 11.3. The molecule has 100 valence electrons. The summed E-state index contributed by atoms with van der Waals surface area (Å²) >= 11 is 2.23. The first-order valence-electron chi connectivity index (χ1n) is 6.24. The van der Waals surface area contributed by atoms with Crippen molar-refractivity contribution >= 4 is 28.5 Å². The quantitative estimate of drug-likeness (QED) is 0.729. The largest absolute Gasteiger partial charge is 0.339 e. The van der Waals surface area contributed by atoms with Gasteiger partial charge in [0.05, 0.1) is 0 Å². The first kappa shape index (κ1) is 15.4. The Bertz CT molecular complexity index is 393. The summed E-state index contributed by atoms with van der Waals surface area (Å²) in [5, 5.41) is 0. The van der Waals surface area contributed by atoms with Crippen molar-refractivity contribution in [3.8, 4) is 0 Å². The number of halogens is 1. The van der Waals surface area contributed by atoms with Crippen LogP contribution in [0.2, 0.25) is 0 Å². The van der Waals surface area contributed by atoms with Crippen LogP contribution >= 0.6 is 22.6 Å². The molecule has 1 rings (SSSR count). The number of rotatable bonds is 6. The van der Waals surface area contributed by atoms with E-state index in [4.69, 9.17) is 0 Å². The number of benzene rings is 1. The van der Waals surface area contributed by atoms with Crippen molar-refractivity contribution < 1.29 is 4.79 Å². The Balaban J connectivity index is 2.62. The Labute approximate surface area is 123 Å². The fourth-order valence-electron chi connectivity index (χ4n) is 1.79. The highest BCUT2D eigenvalue weighted by Gasteiger charge is 2.13. The minimum absolute atomic E-state index is 0.134. The number of nitrogens with zero attached hydrogens (tertiary/aromatic N) is 2. The fraction of sp³-hybridized carbons (Fsp3) is 0.500. The number of carbonyl (C=O) groups is 1. The summed E-state index contributed by atoms with van der Waals surface area (Å²) in [4.78, 5) is 16.4. The smallest absolute Gasteiger partial charge is 0.253 e. The molecule has 0 heterocycles. The Morgan fingerprint density at radius 3 is 2.56 bits per heavy atom. The van der Waals surface area contributed by atoms with Gasteiger partial charge >= 0.3 is 0 Å². The van der Waals surface area contributed by atoms with Crippen LogP contribution in [0.1, 0.15) is 23.7 Å². The van der Waals surface area contributed by atoms with Gasteiger partial charge in [0.25, 0.3) is 5.91 Å². The minimum Gasteiger partial charge on any atom is -0.339 e.